The number of halogens is 1. The highest BCUT2D eigenvalue weighted by molar-refractivity contribution is 5.93. The first-order valence-electron chi connectivity index (χ1n) is 10.1. The molecule has 2 aliphatic heterocycles. The zero-order valence-corrected chi connectivity index (χ0v) is 16.6. The molecule has 1 unspecified atom stereocenters. The predicted molar refractivity (Wildman–Crippen MR) is 107 cm³/mol. The number of carbonyl (C=O) groups is 1. The van der Waals surface area contributed by atoms with E-state index in [1.165, 1.54) is 6.07 Å². The predicted octanol–water partition coefficient (Wildman–Crippen LogP) is 3.01. The number of aliphatic hydroxyl groups excluding tert-OH is 1. The molecule has 2 aromatic heterocycles. The lowest BCUT2D eigenvalue weighted by Gasteiger charge is -2.26. The Bertz CT molecular complexity index is 1370. The van der Waals surface area contributed by atoms with Gasteiger partial charge < -0.3 is 14.4 Å². The lowest BCUT2D eigenvalue weighted by Crippen LogP contribution is -2.32. The zero-order chi connectivity index (χ0) is 20.9. The van der Waals surface area contributed by atoms with E-state index >= 15 is 0 Å². The van der Waals surface area contributed by atoms with Crippen LogP contribution >= 0.6 is 0 Å². The molecule has 0 saturated heterocycles. The maximum Gasteiger partial charge on any atom is 0.340 e. The van der Waals surface area contributed by atoms with E-state index in [-0.39, 0.29) is 29.5 Å². The summed E-state index contributed by atoms with van der Waals surface area (Å²) in [5.41, 5.74) is 5.84. The van der Waals surface area contributed by atoms with Crippen molar-refractivity contribution in [1.29, 1.82) is 0 Å². The first-order valence-corrected chi connectivity index (χ1v) is 10.1. The lowest BCUT2D eigenvalue weighted by molar-refractivity contribution is -0.157. The number of hydrogen-bond donors (Lipinski definition) is 1. The summed E-state index contributed by atoms with van der Waals surface area (Å²) in [6, 6.07) is 3.14. The van der Waals surface area contributed by atoms with Crippen molar-refractivity contribution in [2.45, 2.75) is 51.9 Å². The van der Waals surface area contributed by atoms with E-state index in [0.29, 0.717) is 34.6 Å². The molecule has 0 fully saturated rings. The van der Waals surface area contributed by atoms with E-state index in [4.69, 9.17) is 9.72 Å². The minimum absolute atomic E-state index is 0.145. The first kappa shape index (κ1) is 17.8. The number of aryl methyl sites for hydroxylation is 1. The number of aromatic nitrogens is 2. The van der Waals surface area contributed by atoms with E-state index in [0.717, 1.165) is 34.9 Å². The van der Waals surface area contributed by atoms with Gasteiger partial charge in [0, 0.05) is 22.6 Å². The van der Waals surface area contributed by atoms with Crippen LogP contribution in [-0.2, 0) is 29.1 Å². The molecule has 1 aliphatic carbocycles. The van der Waals surface area contributed by atoms with Crippen LogP contribution in [0.15, 0.2) is 16.9 Å². The molecular formula is C23H19FN2O4. The zero-order valence-electron chi connectivity index (χ0n) is 16.6. The molecule has 3 aromatic rings. The number of aliphatic hydroxyl groups is 1. The summed E-state index contributed by atoms with van der Waals surface area (Å²) < 4.78 is 21.2. The quantitative estimate of drug-likeness (QED) is 0.454. The van der Waals surface area contributed by atoms with Crippen LogP contribution in [0.5, 0.6) is 0 Å². The van der Waals surface area contributed by atoms with Gasteiger partial charge in [0.2, 0.25) is 0 Å². The average Bonchev–Trinajstić information content (AvgIpc) is 3.09. The molecule has 6 nitrogen and oxygen atoms in total. The third-order valence-electron chi connectivity index (χ3n) is 6.94. The van der Waals surface area contributed by atoms with E-state index in [1.54, 1.807) is 10.6 Å². The number of esters is 1. The van der Waals surface area contributed by atoms with Gasteiger partial charge in [-0.15, -0.1) is 0 Å². The van der Waals surface area contributed by atoms with Crippen LogP contribution in [0.1, 0.15) is 58.7 Å². The highest BCUT2D eigenvalue weighted by Gasteiger charge is 2.36. The Hall–Kier alpha value is -3.06. The minimum Gasteiger partial charge on any atom is -0.458 e. The minimum atomic E-state index is -1.49. The fraction of sp³-hybridized carbons (Fsp3) is 0.348. The largest absolute Gasteiger partial charge is 0.458 e. The van der Waals surface area contributed by atoms with Crippen molar-refractivity contribution in [3.05, 3.63) is 61.7 Å². The fourth-order valence-electron chi connectivity index (χ4n) is 5.33. The van der Waals surface area contributed by atoms with Crippen LogP contribution in [0.25, 0.3) is 22.3 Å². The number of nitrogens with zero attached hydrogens (tertiary/aromatic N) is 2. The molecule has 0 saturated carbocycles. The van der Waals surface area contributed by atoms with Gasteiger partial charge in [-0.05, 0) is 48.4 Å². The van der Waals surface area contributed by atoms with Crippen LogP contribution in [0, 0.1) is 12.7 Å². The summed E-state index contributed by atoms with van der Waals surface area (Å²) in [6.07, 6.45) is 0.230. The maximum absolute atomic E-state index is 14.6. The molecule has 0 bridgehead atoms. The summed E-state index contributed by atoms with van der Waals surface area (Å²) in [5, 5.41) is 11.3. The Labute approximate surface area is 170 Å². The maximum atomic E-state index is 14.6. The normalized spacial score (nSPS) is 21.3. The first-order chi connectivity index (χ1) is 14.4. The average molecular weight is 406 g/mol. The second-order valence-electron chi connectivity index (χ2n) is 8.51. The summed E-state index contributed by atoms with van der Waals surface area (Å²) in [7, 11) is 0. The van der Waals surface area contributed by atoms with Gasteiger partial charge in [0.05, 0.1) is 29.0 Å². The molecule has 7 heteroatoms. The third-order valence-corrected chi connectivity index (χ3v) is 6.94. The number of benzene rings is 1. The Morgan fingerprint density at radius 1 is 1.23 bits per heavy atom. The molecule has 1 aromatic carbocycles. The van der Waals surface area contributed by atoms with Crippen molar-refractivity contribution in [2.75, 3.05) is 0 Å². The number of pyridine rings is 2. The van der Waals surface area contributed by atoms with Crippen molar-refractivity contribution >= 4 is 16.9 Å². The Kier molecular flexibility index (Phi) is 3.41. The van der Waals surface area contributed by atoms with Crippen LogP contribution in [-0.4, -0.2) is 20.6 Å². The van der Waals surface area contributed by atoms with Crippen molar-refractivity contribution in [3.8, 4) is 11.4 Å². The van der Waals surface area contributed by atoms with E-state index in [2.05, 4.69) is 6.92 Å². The Balaban J connectivity index is 1.70. The summed E-state index contributed by atoms with van der Waals surface area (Å²) in [6.45, 7) is 4.19. The molecule has 152 valence electrons. The van der Waals surface area contributed by atoms with Crippen LogP contribution in [0.3, 0.4) is 0 Å². The smallest absolute Gasteiger partial charge is 0.340 e. The number of fused-ring (bicyclic) bond motifs is 5. The number of rotatable bonds is 0. The molecule has 0 amide bonds. The van der Waals surface area contributed by atoms with Gasteiger partial charge in [0.25, 0.3) is 5.56 Å². The van der Waals surface area contributed by atoms with E-state index in [1.807, 2.05) is 6.92 Å². The van der Waals surface area contributed by atoms with Crippen molar-refractivity contribution < 1.29 is 19.0 Å². The molecule has 2 atom stereocenters. The molecule has 4 heterocycles. The SMILES string of the molecule is Cc1c(F)cc2nc3c(c4c2c1CC[C@@H]4C)Cn1c-3cc2c(c1=O)COC(=O)C2O. The topological polar surface area (TPSA) is 81.4 Å². The number of cyclic esters (lactones) is 1. The molecule has 3 aliphatic rings. The number of ether oxygens (including phenoxy) is 1. The molecule has 1 N–H and O–H groups in total. The monoisotopic (exact) mass is 406 g/mol. The van der Waals surface area contributed by atoms with Gasteiger partial charge in [-0.2, -0.15) is 0 Å². The number of hydrogen-bond acceptors (Lipinski definition) is 5. The summed E-state index contributed by atoms with van der Waals surface area (Å²) in [4.78, 5) is 29.7. The highest BCUT2D eigenvalue weighted by atomic mass is 19.1. The summed E-state index contributed by atoms with van der Waals surface area (Å²) in [5.74, 6) is -0.774. The Morgan fingerprint density at radius 2 is 2.03 bits per heavy atom. The van der Waals surface area contributed by atoms with E-state index in [9.17, 15) is 19.1 Å². The van der Waals surface area contributed by atoms with Crippen LogP contribution in [0.2, 0.25) is 0 Å². The highest BCUT2D eigenvalue weighted by Crippen LogP contribution is 2.45. The van der Waals surface area contributed by atoms with Gasteiger partial charge in [0.1, 0.15) is 12.4 Å². The van der Waals surface area contributed by atoms with Gasteiger partial charge >= 0.3 is 5.97 Å². The molecule has 0 spiro atoms. The number of carbonyl (C=O) groups excluding carboxylic acids is 1. The molecule has 0 radical (unpaired) electrons. The van der Waals surface area contributed by atoms with Gasteiger partial charge in [-0.1, -0.05) is 6.92 Å². The van der Waals surface area contributed by atoms with Gasteiger partial charge in [0.15, 0.2) is 6.10 Å². The standard InChI is InChI=1S/C23H19FN2O4/c1-9-3-4-11-10(2)15(24)6-16-19(11)18(9)13-7-26-17(20(13)25-16)5-12-14(22(26)28)8-30-23(29)21(12)27/h5-6,9,21,27H,3-4,7-8H2,1-2H3/t9-,21?/m0/s1. The Morgan fingerprint density at radius 3 is 2.83 bits per heavy atom. The van der Waals surface area contributed by atoms with E-state index < -0.39 is 12.1 Å². The van der Waals surface area contributed by atoms with Crippen LogP contribution < -0.4 is 5.56 Å². The lowest BCUT2D eigenvalue weighted by atomic mass is 9.79. The molecule has 30 heavy (non-hydrogen) atoms. The second kappa shape index (κ2) is 5.76. The second-order valence-corrected chi connectivity index (χ2v) is 8.51. The molecule has 6 rings (SSSR count). The van der Waals surface area contributed by atoms with Crippen LogP contribution in [0.4, 0.5) is 4.39 Å². The van der Waals surface area contributed by atoms with Gasteiger partial charge in [-0.3, -0.25) is 4.79 Å². The van der Waals surface area contributed by atoms with Crippen molar-refractivity contribution in [2.24, 2.45) is 0 Å². The summed E-state index contributed by atoms with van der Waals surface area (Å²) >= 11 is 0. The fourth-order valence-corrected chi connectivity index (χ4v) is 5.33. The van der Waals surface area contributed by atoms with Crippen molar-refractivity contribution in [3.63, 3.8) is 0 Å². The van der Waals surface area contributed by atoms with Crippen molar-refractivity contribution in [1.82, 2.24) is 9.55 Å². The third kappa shape index (κ3) is 2.08. The molecular weight excluding hydrogens is 387 g/mol. The van der Waals surface area contributed by atoms with Gasteiger partial charge in [-0.25, -0.2) is 14.2 Å².